The summed E-state index contributed by atoms with van der Waals surface area (Å²) in [6.45, 7) is 3.05. The van der Waals surface area contributed by atoms with Crippen molar-refractivity contribution in [1.82, 2.24) is 24.6 Å². The van der Waals surface area contributed by atoms with Crippen LogP contribution in [0.2, 0.25) is 0 Å². The van der Waals surface area contributed by atoms with Gasteiger partial charge >= 0.3 is 0 Å². The van der Waals surface area contributed by atoms with E-state index in [1.165, 1.54) is 25.4 Å². The van der Waals surface area contributed by atoms with Crippen molar-refractivity contribution in [1.29, 1.82) is 0 Å². The average Bonchev–Trinajstić information content (AvgIpc) is 2.99. The Labute approximate surface area is 138 Å². The predicted molar refractivity (Wildman–Crippen MR) is 80.6 cm³/mol. The normalized spacial score (nSPS) is 16.8. The molecule has 0 fully saturated rings. The van der Waals surface area contributed by atoms with Crippen LogP contribution in [-0.2, 0) is 22.7 Å². The van der Waals surface area contributed by atoms with Crippen molar-refractivity contribution in [2.45, 2.75) is 26.1 Å². The van der Waals surface area contributed by atoms with Crippen LogP contribution in [0.3, 0.4) is 0 Å². The summed E-state index contributed by atoms with van der Waals surface area (Å²) in [5.74, 6) is 0.551. The molecule has 0 radical (unpaired) electrons. The van der Waals surface area contributed by atoms with Crippen molar-refractivity contribution >= 4 is 5.91 Å². The van der Waals surface area contributed by atoms with Crippen molar-refractivity contribution in [2.24, 2.45) is 0 Å². The molecule has 0 saturated carbocycles. The van der Waals surface area contributed by atoms with Crippen molar-refractivity contribution in [3.05, 3.63) is 35.8 Å². The van der Waals surface area contributed by atoms with Gasteiger partial charge in [-0.2, -0.15) is 0 Å². The van der Waals surface area contributed by atoms with Crippen molar-refractivity contribution < 1.29 is 18.7 Å². The Hall–Kier alpha value is -2.55. The number of fused-ring (bicyclic) bond motifs is 1. The van der Waals surface area contributed by atoms with Gasteiger partial charge < -0.3 is 18.9 Å². The summed E-state index contributed by atoms with van der Waals surface area (Å²) >= 11 is 0. The number of hydrogen-bond donors (Lipinski definition) is 0. The molecule has 0 saturated heterocycles. The molecule has 0 bridgehead atoms. The van der Waals surface area contributed by atoms with Gasteiger partial charge in [-0.25, -0.2) is 9.37 Å². The predicted octanol–water partition coefficient (Wildman–Crippen LogP) is 0.941. The first-order valence-electron chi connectivity index (χ1n) is 7.55. The van der Waals surface area contributed by atoms with E-state index in [1.54, 1.807) is 4.90 Å². The standard InChI is InChI=1S/C15H18FN5O3/c1-10-14-19-18-12(8-24-15-11(16)4-3-5-17-15)21(14)7-6-20(10)13(22)9-23-2/h3-5,10H,6-9H2,1-2H3. The summed E-state index contributed by atoms with van der Waals surface area (Å²) in [6.07, 6.45) is 1.46. The first-order chi connectivity index (χ1) is 11.6. The Morgan fingerprint density at radius 1 is 1.42 bits per heavy atom. The number of carbonyl (C=O) groups is 1. The van der Waals surface area contributed by atoms with E-state index in [0.29, 0.717) is 24.7 Å². The molecule has 8 nitrogen and oxygen atoms in total. The lowest BCUT2D eigenvalue weighted by Gasteiger charge is -2.33. The maximum atomic E-state index is 13.5. The van der Waals surface area contributed by atoms with Gasteiger partial charge in [0.15, 0.2) is 17.5 Å². The van der Waals surface area contributed by atoms with Crippen LogP contribution in [0, 0.1) is 5.82 Å². The van der Waals surface area contributed by atoms with Crippen LogP contribution in [-0.4, -0.2) is 50.8 Å². The fourth-order valence-corrected chi connectivity index (χ4v) is 2.71. The zero-order chi connectivity index (χ0) is 17.1. The second-order valence-corrected chi connectivity index (χ2v) is 5.40. The molecule has 0 N–H and O–H groups in total. The third-order valence-electron chi connectivity index (χ3n) is 3.91. The van der Waals surface area contributed by atoms with Gasteiger partial charge in [0.05, 0.1) is 6.04 Å². The number of aromatic nitrogens is 4. The molecule has 3 rings (SSSR count). The van der Waals surface area contributed by atoms with Crippen LogP contribution < -0.4 is 4.74 Å². The van der Waals surface area contributed by atoms with E-state index in [0.717, 1.165) is 0 Å². The number of hydrogen-bond acceptors (Lipinski definition) is 6. The number of halogens is 1. The Morgan fingerprint density at radius 2 is 2.25 bits per heavy atom. The average molecular weight is 335 g/mol. The van der Waals surface area contributed by atoms with E-state index in [1.807, 2.05) is 11.5 Å². The molecule has 2 aromatic heterocycles. The second kappa shape index (κ2) is 6.91. The summed E-state index contributed by atoms with van der Waals surface area (Å²) in [5, 5.41) is 8.25. The molecule has 0 aliphatic carbocycles. The summed E-state index contributed by atoms with van der Waals surface area (Å²) in [5.41, 5.74) is 0. The van der Waals surface area contributed by atoms with E-state index in [9.17, 15) is 9.18 Å². The van der Waals surface area contributed by atoms with Crippen molar-refractivity contribution in [3.63, 3.8) is 0 Å². The SMILES string of the molecule is COCC(=O)N1CCn2c(COc3ncccc3F)nnc2C1C. The van der Waals surface area contributed by atoms with Gasteiger partial charge in [-0.3, -0.25) is 4.79 Å². The molecule has 1 amide bonds. The van der Waals surface area contributed by atoms with Crippen LogP contribution in [0.5, 0.6) is 5.88 Å². The summed E-state index contributed by atoms with van der Waals surface area (Å²) in [7, 11) is 1.49. The number of carbonyl (C=O) groups excluding carboxylic acids is 1. The molecule has 9 heteroatoms. The fourth-order valence-electron chi connectivity index (χ4n) is 2.71. The summed E-state index contributed by atoms with van der Waals surface area (Å²) in [6, 6.07) is 2.56. The number of amides is 1. The molecule has 1 aliphatic rings. The molecule has 1 atom stereocenters. The quantitative estimate of drug-likeness (QED) is 0.809. The fraction of sp³-hybridized carbons (Fsp3) is 0.467. The van der Waals surface area contributed by atoms with Gasteiger partial charge in [0.25, 0.3) is 5.88 Å². The molecule has 1 aliphatic heterocycles. The van der Waals surface area contributed by atoms with E-state index in [4.69, 9.17) is 9.47 Å². The van der Waals surface area contributed by atoms with Crippen LogP contribution in [0.4, 0.5) is 4.39 Å². The Morgan fingerprint density at radius 3 is 3.00 bits per heavy atom. The van der Waals surface area contributed by atoms with Gasteiger partial charge in [0.1, 0.15) is 13.2 Å². The Kier molecular flexibility index (Phi) is 4.70. The number of pyridine rings is 1. The molecule has 2 aromatic rings. The number of rotatable bonds is 5. The minimum atomic E-state index is -0.527. The molecule has 128 valence electrons. The molecule has 24 heavy (non-hydrogen) atoms. The molecular weight excluding hydrogens is 317 g/mol. The third-order valence-corrected chi connectivity index (χ3v) is 3.91. The van der Waals surface area contributed by atoms with Crippen LogP contribution >= 0.6 is 0 Å². The Balaban J connectivity index is 1.73. The molecule has 0 spiro atoms. The van der Waals surface area contributed by atoms with Gasteiger partial charge in [-0.1, -0.05) is 0 Å². The lowest BCUT2D eigenvalue weighted by atomic mass is 10.2. The lowest BCUT2D eigenvalue weighted by molar-refractivity contribution is -0.138. The highest BCUT2D eigenvalue weighted by Gasteiger charge is 2.31. The first kappa shape index (κ1) is 16.3. The molecule has 0 aromatic carbocycles. The highest BCUT2D eigenvalue weighted by Crippen LogP contribution is 2.25. The maximum absolute atomic E-state index is 13.5. The van der Waals surface area contributed by atoms with Crippen molar-refractivity contribution in [2.75, 3.05) is 20.3 Å². The summed E-state index contributed by atoms with van der Waals surface area (Å²) < 4.78 is 25.7. The zero-order valence-corrected chi connectivity index (χ0v) is 13.5. The van der Waals surface area contributed by atoms with Crippen LogP contribution in [0.15, 0.2) is 18.3 Å². The van der Waals surface area contributed by atoms with E-state index < -0.39 is 5.82 Å². The lowest BCUT2D eigenvalue weighted by Crippen LogP contribution is -2.43. The third kappa shape index (κ3) is 3.07. The number of nitrogens with zero attached hydrogens (tertiary/aromatic N) is 5. The largest absolute Gasteiger partial charge is 0.467 e. The van der Waals surface area contributed by atoms with Crippen LogP contribution in [0.25, 0.3) is 0 Å². The van der Waals surface area contributed by atoms with Gasteiger partial charge in [-0.15, -0.1) is 10.2 Å². The molecule has 1 unspecified atom stereocenters. The number of ether oxygens (including phenoxy) is 2. The zero-order valence-electron chi connectivity index (χ0n) is 13.5. The van der Waals surface area contributed by atoms with Crippen molar-refractivity contribution in [3.8, 4) is 5.88 Å². The van der Waals surface area contributed by atoms with Gasteiger partial charge in [0.2, 0.25) is 5.91 Å². The highest BCUT2D eigenvalue weighted by atomic mass is 19.1. The van der Waals surface area contributed by atoms with Gasteiger partial charge in [0, 0.05) is 26.4 Å². The minimum Gasteiger partial charge on any atom is -0.467 e. The Bertz CT molecular complexity index is 736. The summed E-state index contributed by atoms with van der Waals surface area (Å²) in [4.78, 5) is 17.6. The topological polar surface area (TPSA) is 82.4 Å². The van der Waals surface area contributed by atoms with E-state index >= 15 is 0 Å². The minimum absolute atomic E-state index is 0.0351. The first-order valence-corrected chi connectivity index (χ1v) is 7.55. The maximum Gasteiger partial charge on any atom is 0.250 e. The highest BCUT2D eigenvalue weighted by molar-refractivity contribution is 5.78. The van der Waals surface area contributed by atoms with Gasteiger partial charge in [-0.05, 0) is 19.1 Å². The number of methoxy groups -OCH3 is 1. The second-order valence-electron chi connectivity index (χ2n) is 5.40. The molecular formula is C15H18FN5O3. The monoisotopic (exact) mass is 335 g/mol. The van der Waals surface area contributed by atoms with E-state index in [2.05, 4.69) is 15.2 Å². The van der Waals surface area contributed by atoms with E-state index in [-0.39, 0.29) is 31.0 Å². The molecule has 3 heterocycles. The van der Waals surface area contributed by atoms with Crippen LogP contribution in [0.1, 0.15) is 24.6 Å². The smallest absolute Gasteiger partial charge is 0.250 e.